The van der Waals surface area contributed by atoms with Crippen molar-refractivity contribution in [1.82, 2.24) is 5.32 Å². The Morgan fingerprint density at radius 3 is 2.58 bits per heavy atom. The number of benzene rings is 2. The van der Waals surface area contributed by atoms with Crippen molar-refractivity contribution in [2.75, 3.05) is 13.2 Å². The van der Waals surface area contributed by atoms with E-state index < -0.39 is 12.6 Å². The second-order valence-electron chi connectivity index (χ2n) is 5.71. The third kappa shape index (κ3) is 6.22. The first kappa shape index (κ1) is 19.5. The zero-order valence-electron chi connectivity index (χ0n) is 14.7. The molecule has 0 atom stereocenters. The number of carboxylic acid groups (broad SMARTS) is 1. The molecule has 6 heteroatoms. The maximum absolute atomic E-state index is 12.4. The average Bonchev–Trinajstić information content (AvgIpc) is 2.65. The van der Waals surface area contributed by atoms with E-state index in [9.17, 15) is 9.59 Å². The Morgan fingerprint density at radius 2 is 1.85 bits per heavy atom. The molecule has 0 unspecified atom stereocenters. The Morgan fingerprint density at radius 1 is 1.08 bits per heavy atom. The summed E-state index contributed by atoms with van der Waals surface area (Å²) in [4.78, 5) is 22.9. The van der Waals surface area contributed by atoms with Gasteiger partial charge in [0.05, 0.1) is 6.61 Å². The average molecular weight is 357 g/mol. The Balaban J connectivity index is 1.96. The molecule has 2 rings (SSSR count). The zero-order valence-corrected chi connectivity index (χ0v) is 14.7. The van der Waals surface area contributed by atoms with Gasteiger partial charge in [0, 0.05) is 18.7 Å². The van der Waals surface area contributed by atoms with E-state index in [2.05, 4.69) is 12.2 Å². The minimum atomic E-state index is -1.07. The lowest BCUT2D eigenvalue weighted by molar-refractivity contribution is -0.139. The summed E-state index contributed by atoms with van der Waals surface area (Å²) in [5, 5.41) is 11.5. The largest absolute Gasteiger partial charge is 0.482 e. The van der Waals surface area contributed by atoms with Gasteiger partial charge in [0.1, 0.15) is 5.75 Å². The second-order valence-corrected chi connectivity index (χ2v) is 5.71. The number of ether oxygens (including phenoxy) is 2. The molecular formula is C20H23NO5. The van der Waals surface area contributed by atoms with E-state index in [1.807, 2.05) is 24.3 Å². The predicted octanol–water partition coefficient (Wildman–Crippen LogP) is 3.01. The molecule has 0 aromatic heterocycles. The van der Waals surface area contributed by atoms with E-state index in [-0.39, 0.29) is 5.91 Å². The van der Waals surface area contributed by atoms with E-state index in [1.54, 1.807) is 18.2 Å². The summed E-state index contributed by atoms with van der Waals surface area (Å²) in [7, 11) is 0. The lowest BCUT2D eigenvalue weighted by Crippen LogP contribution is -2.23. The predicted molar refractivity (Wildman–Crippen MR) is 97.1 cm³/mol. The van der Waals surface area contributed by atoms with Crippen molar-refractivity contribution >= 4 is 11.9 Å². The van der Waals surface area contributed by atoms with Gasteiger partial charge in [0.2, 0.25) is 0 Å². The van der Waals surface area contributed by atoms with E-state index in [0.29, 0.717) is 31.1 Å². The van der Waals surface area contributed by atoms with E-state index in [4.69, 9.17) is 14.6 Å². The van der Waals surface area contributed by atoms with Gasteiger partial charge in [-0.2, -0.15) is 0 Å². The fourth-order valence-electron chi connectivity index (χ4n) is 2.35. The summed E-state index contributed by atoms with van der Waals surface area (Å²) in [5.41, 5.74) is 2.45. The van der Waals surface area contributed by atoms with Crippen LogP contribution in [0.1, 0.15) is 34.8 Å². The van der Waals surface area contributed by atoms with E-state index >= 15 is 0 Å². The molecule has 0 saturated heterocycles. The van der Waals surface area contributed by atoms with Gasteiger partial charge in [-0.15, -0.1) is 0 Å². The Hall–Kier alpha value is -2.86. The Kier molecular flexibility index (Phi) is 7.64. The van der Waals surface area contributed by atoms with Crippen LogP contribution in [0.2, 0.25) is 0 Å². The third-order valence-corrected chi connectivity index (χ3v) is 3.62. The fourth-order valence-corrected chi connectivity index (χ4v) is 2.35. The monoisotopic (exact) mass is 357 g/mol. The number of hydrogen-bond acceptors (Lipinski definition) is 4. The molecule has 0 spiro atoms. The zero-order chi connectivity index (χ0) is 18.8. The number of nitrogens with one attached hydrogen (secondary N) is 1. The molecule has 0 radical (unpaired) electrons. The first-order chi connectivity index (χ1) is 12.6. The summed E-state index contributed by atoms with van der Waals surface area (Å²) >= 11 is 0. The van der Waals surface area contributed by atoms with Crippen LogP contribution in [0, 0.1) is 0 Å². The topological polar surface area (TPSA) is 84.9 Å². The number of hydrogen-bond donors (Lipinski definition) is 2. The molecule has 0 fully saturated rings. The first-order valence-corrected chi connectivity index (χ1v) is 8.47. The quantitative estimate of drug-likeness (QED) is 0.639. The number of carboxylic acids is 1. The maximum atomic E-state index is 12.4. The minimum absolute atomic E-state index is 0.255. The van der Waals surface area contributed by atoms with Crippen LogP contribution in [0.5, 0.6) is 5.75 Å². The number of aliphatic carboxylic acids is 1. The number of amides is 1. The molecule has 2 N–H and O–H groups in total. The van der Waals surface area contributed by atoms with Crippen molar-refractivity contribution in [3.05, 3.63) is 65.2 Å². The van der Waals surface area contributed by atoms with Crippen molar-refractivity contribution in [3.63, 3.8) is 0 Å². The Labute approximate surface area is 152 Å². The van der Waals surface area contributed by atoms with Gasteiger partial charge >= 0.3 is 5.97 Å². The van der Waals surface area contributed by atoms with Crippen LogP contribution in [-0.4, -0.2) is 30.2 Å². The SMILES string of the molecule is CCCOCc1ccccc1CNC(=O)c1cccc(OCC(=O)O)c1. The first-order valence-electron chi connectivity index (χ1n) is 8.47. The van der Waals surface area contributed by atoms with Crippen molar-refractivity contribution in [3.8, 4) is 5.75 Å². The number of carbonyl (C=O) groups excluding carboxylic acids is 1. The fraction of sp³-hybridized carbons (Fsp3) is 0.300. The third-order valence-electron chi connectivity index (χ3n) is 3.62. The van der Waals surface area contributed by atoms with Crippen molar-refractivity contribution in [2.24, 2.45) is 0 Å². The van der Waals surface area contributed by atoms with Crippen LogP contribution < -0.4 is 10.1 Å². The summed E-state index contributed by atoms with van der Waals surface area (Å²) in [6.07, 6.45) is 0.958. The Bertz CT molecular complexity index is 744. The highest BCUT2D eigenvalue weighted by atomic mass is 16.5. The van der Waals surface area contributed by atoms with Crippen LogP contribution >= 0.6 is 0 Å². The summed E-state index contributed by atoms with van der Waals surface area (Å²) in [6, 6.07) is 14.2. The molecule has 138 valence electrons. The normalized spacial score (nSPS) is 10.3. The van der Waals surface area contributed by atoms with Crippen LogP contribution in [0.3, 0.4) is 0 Å². The highest BCUT2D eigenvalue weighted by Crippen LogP contribution is 2.14. The van der Waals surface area contributed by atoms with Crippen LogP contribution in [0.15, 0.2) is 48.5 Å². The lowest BCUT2D eigenvalue weighted by atomic mass is 10.1. The number of carbonyl (C=O) groups is 2. The highest BCUT2D eigenvalue weighted by Gasteiger charge is 2.09. The molecule has 0 heterocycles. The van der Waals surface area contributed by atoms with Crippen LogP contribution in [0.25, 0.3) is 0 Å². The van der Waals surface area contributed by atoms with Gasteiger partial charge < -0.3 is 19.9 Å². The minimum Gasteiger partial charge on any atom is -0.482 e. The molecule has 6 nitrogen and oxygen atoms in total. The van der Waals surface area contributed by atoms with Crippen molar-refractivity contribution < 1.29 is 24.2 Å². The molecule has 0 aliphatic heterocycles. The smallest absolute Gasteiger partial charge is 0.341 e. The summed E-state index contributed by atoms with van der Waals surface area (Å²) in [6.45, 7) is 3.20. The molecule has 0 aliphatic rings. The van der Waals surface area contributed by atoms with Gasteiger partial charge in [-0.05, 0) is 35.7 Å². The van der Waals surface area contributed by atoms with Crippen molar-refractivity contribution in [2.45, 2.75) is 26.5 Å². The standard InChI is InChI=1S/C20H23NO5/c1-2-10-25-13-17-7-4-3-6-16(17)12-21-20(24)15-8-5-9-18(11-15)26-14-19(22)23/h3-9,11H,2,10,12-14H2,1H3,(H,21,24)(H,22,23). The molecule has 2 aromatic rings. The summed E-state index contributed by atoms with van der Waals surface area (Å²) < 4.78 is 10.7. The molecule has 1 amide bonds. The lowest BCUT2D eigenvalue weighted by Gasteiger charge is -2.11. The highest BCUT2D eigenvalue weighted by molar-refractivity contribution is 5.94. The van der Waals surface area contributed by atoms with Gasteiger partial charge in [-0.25, -0.2) is 4.79 Å². The van der Waals surface area contributed by atoms with Crippen LogP contribution in [-0.2, 0) is 22.7 Å². The summed E-state index contributed by atoms with van der Waals surface area (Å²) in [5.74, 6) is -0.981. The van der Waals surface area contributed by atoms with Gasteiger partial charge in [-0.3, -0.25) is 4.79 Å². The molecule has 26 heavy (non-hydrogen) atoms. The van der Waals surface area contributed by atoms with Crippen molar-refractivity contribution in [1.29, 1.82) is 0 Å². The van der Waals surface area contributed by atoms with Gasteiger partial charge in [0.25, 0.3) is 5.91 Å². The second kappa shape index (κ2) is 10.2. The van der Waals surface area contributed by atoms with Gasteiger partial charge in [-0.1, -0.05) is 37.3 Å². The maximum Gasteiger partial charge on any atom is 0.341 e. The molecular weight excluding hydrogens is 334 g/mol. The molecule has 0 aliphatic carbocycles. The molecule has 0 bridgehead atoms. The molecule has 2 aromatic carbocycles. The molecule has 0 saturated carbocycles. The van der Waals surface area contributed by atoms with E-state index in [1.165, 1.54) is 6.07 Å². The number of rotatable bonds is 10. The van der Waals surface area contributed by atoms with E-state index in [0.717, 1.165) is 17.5 Å². The van der Waals surface area contributed by atoms with Gasteiger partial charge in [0.15, 0.2) is 6.61 Å². The van der Waals surface area contributed by atoms with Crippen LogP contribution in [0.4, 0.5) is 0 Å².